The molecule has 0 radical (unpaired) electrons. The third kappa shape index (κ3) is 2.84. The molecule has 2 heteroatoms. The Morgan fingerprint density at radius 1 is 1.12 bits per heavy atom. The highest BCUT2D eigenvalue weighted by atomic mass is 16.2. The molecule has 16 heavy (non-hydrogen) atoms. The van der Waals surface area contributed by atoms with Gasteiger partial charge in [-0.15, -0.1) is 0 Å². The van der Waals surface area contributed by atoms with Crippen LogP contribution in [0.4, 0.5) is 0 Å². The highest BCUT2D eigenvalue weighted by molar-refractivity contribution is 5.94. The summed E-state index contributed by atoms with van der Waals surface area (Å²) < 4.78 is 0. The second-order valence-electron chi connectivity index (χ2n) is 4.25. The predicted octanol–water partition coefficient (Wildman–Crippen LogP) is 3.29. The average molecular weight is 219 g/mol. The van der Waals surface area contributed by atoms with Crippen molar-refractivity contribution in [3.63, 3.8) is 0 Å². The molecule has 0 saturated heterocycles. The molecule has 0 atom stereocenters. The molecule has 0 unspecified atom stereocenters. The molecule has 0 aliphatic heterocycles. The third-order valence-electron chi connectivity index (χ3n) is 2.87. The summed E-state index contributed by atoms with van der Waals surface area (Å²) in [5, 5.41) is 0. The predicted molar refractivity (Wildman–Crippen MR) is 67.8 cm³/mol. The van der Waals surface area contributed by atoms with Gasteiger partial charge in [-0.05, 0) is 37.5 Å². The number of nitrogens with zero attached hydrogens (tertiary/aromatic N) is 1. The maximum Gasteiger partial charge on any atom is 0.253 e. The summed E-state index contributed by atoms with van der Waals surface area (Å²) in [4.78, 5) is 13.9. The summed E-state index contributed by atoms with van der Waals surface area (Å²) in [6, 6.07) is 7.94. The van der Waals surface area contributed by atoms with E-state index in [9.17, 15) is 4.79 Å². The van der Waals surface area contributed by atoms with Gasteiger partial charge in [0.2, 0.25) is 0 Å². The number of hydrogen-bond donors (Lipinski definition) is 0. The molecule has 0 spiro atoms. The van der Waals surface area contributed by atoms with Crippen LogP contribution in [0.1, 0.15) is 49.5 Å². The van der Waals surface area contributed by atoms with E-state index >= 15 is 0 Å². The van der Waals surface area contributed by atoms with Gasteiger partial charge in [0.05, 0.1) is 0 Å². The van der Waals surface area contributed by atoms with Crippen molar-refractivity contribution in [1.82, 2.24) is 4.90 Å². The molecule has 0 heterocycles. The number of hydrogen-bond acceptors (Lipinski definition) is 1. The molecule has 88 valence electrons. The van der Waals surface area contributed by atoms with Gasteiger partial charge in [-0.3, -0.25) is 4.79 Å². The Balaban J connectivity index is 2.85. The minimum atomic E-state index is 0.125. The van der Waals surface area contributed by atoms with E-state index in [1.807, 2.05) is 43.0 Å². The van der Waals surface area contributed by atoms with Gasteiger partial charge in [-0.2, -0.15) is 0 Å². The maximum atomic E-state index is 12.0. The van der Waals surface area contributed by atoms with E-state index in [-0.39, 0.29) is 5.91 Å². The van der Waals surface area contributed by atoms with Gasteiger partial charge in [0, 0.05) is 18.7 Å². The second-order valence-corrected chi connectivity index (χ2v) is 4.25. The summed E-state index contributed by atoms with van der Waals surface area (Å²) in [6.45, 7) is 9.85. The van der Waals surface area contributed by atoms with Crippen molar-refractivity contribution in [2.75, 3.05) is 13.1 Å². The van der Waals surface area contributed by atoms with E-state index in [4.69, 9.17) is 0 Å². The van der Waals surface area contributed by atoms with Crippen LogP contribution in [0.5, 0.6) is 0 Å². The lowest BCUT2D eigenvalue weighted by Gasteiger charge is -2.18. The fourth-order valence-electron chi connectivity index (χ4n) is 1.70. The first kappa shape index (κ1) is 12.8. The van der Waals surface area contributed by atoms with Gasteiger partial charge >= 0.3 is 0 Å². The summed E-state index contributed by atoms with van der Waals surface area (Å²) >= 11 is 0. The number of rotatable bonds is 4. The standard InChI is InChI=1S/C14H21NO/c1-5-15(6-2)14(16)13-9-7-12(8-10-13)11(3)4/h7-11H,5-6H2,1-4H3. The smallest absolute Gasteiger partial charge is 0.253 e. The van der Waals surface area contributed by atoms with Crippen LogP contribution in [0.25, 0.3) is 0 Å². The molecule has 0 saturated carbocycles. The molecule has 0 aromatic heterocycles. The van der Waals surface area contributed by atoms with E-state index in [1.165, 1.54) is 5.56 Å². The van der Waals surface area contributed by atoms with Crippen LogP contribution in [-0.2, 0) is 0 Å². The molecule has 0 N–H and O–H groups in total. The average Bonchev–Trinajstić information content (AvgIpc) is 2.30. The van der Waals surface area contributed by atoms with Crippen LogP contribution >= 0.6 is 0 Å². The number of amides is 1. The molecule has 1 rings (SSSR count). The summed E-state index contributed by atoms with van der Waals surface area (Å²) in [5.41, 5.74) is 2.06. The quantitative estimate of drug-likeness (QED) is 0.761. The molecule has 1 aromatic rings. The fraction of sp³-hybridized carbons (Fsp3) is 0.500. The molecule has 0 bridgehead atoms. The minimum absolute atomic E-state index is 0.125. The van der Waals surface area contributed by atoms with Crippen LogP contribution < -0.4 is 0 Å². The monoisotopic (exact) mass is 219 g/mol. The second kappa shape index (κ2) is 5.69. The van der Waals surface area contributed by atoms with Crippen LogP contribution in [-0.4, -0.2) is 23.9 Å². The first-order chi connectivity index (χ1) is 7.60. The van der Waals surface area contributed by atoms with Gasteiger partial charge in [0.15, 0.2) is 0 Å². The van der Waals surface area contributed by atoms with Gasteiger partial charge < -0.3 is 4.90 Å². The SMILES string of the molecule is CCN(CC)C(=O)c1ccc(C(C)C)cc1. The Labute approximate surface area is 98.3 Å². The van der Waals surface area contributed by atoms with Gasteiger partial charge in [0.25, 0.3) is 5.91 Å². The van der Waals surface area contributed by atoms with Crippen molar-refractivity contribution in [1.29, 1.82) is 0 Å². The topological polar surface area (TPSA) is 20.3 Å². The number of carbonyl (C=O) groups excluding carboxylic acids is 1. The Morgan fingerprint density at radius 2 is 1.62 bits per heavy atom. The van der Waals surface area contributed by atoms with E-state index in [2.05, 4.69) is 13.8 Å². The Morgan fingerprint density at radius 3 is 2.00 bits per heavy atom. The van der Waals surface area contributed by atoms with Crippen molar-refractivity contribution in [2.45, 2.75) is 33.6 Å². The minimum Gasteiger partial charge on any atom is -0.339 e. The maximum absolute atomic E-state index is 12.0. The Hall–Kier alpha value is -1.31. The zero-order valence-corrected chi connectivity index (χ0v) is 10.7. The highest BCUT2D eigenvalue weighted by Crippen LogP contribution is 2.15. The lowest BCUT2D eigenvalue weighted by atomic mass is 10.0. The van der Waals surface area contributed by atoms with Crippen molar-refractivity contribution in [3.8, 4) is 0 Å². The van der Waals surface area contributed by atoms with E-state index in [1.54, 1.807) is 0 Å². The lowest BCUT2D eigenvalue weighted by molar-refractivity contribution is 0.0773. The van der Waals surface area contributed by atoms with Crippen LogP contribution in [0.2, 0.25) is 0 Å². The first-order valence-electron chi connectivity index (χ1n) is 5.99. The largest absolute Gasteiger partial charge is 0.339 e. The molecule has 2 nitrogen and oxygen atoms in total. The normalized spacial score (nSPS) is 10.6. The number of benzene rings is 1. The molecule has 0 aliphatic carbocycles. The Kier molecular flexibility index (Phi) is 4.53. The van der Waals surface area contributed by atoms with Crippen molar-refractivity contribution in [2.24, 2.45) is 0 Å². The van der Waals surface area contributed by atoms with Gasteiger partial charge in [-0.25, -0.2) is 0 Å². The zero-order chi connectivity index (χ0) is 12.1. The molecular formula is C14H21NO. The van der Waals surface area contributed by atoms with E-state index in [0.717, 1.165) is 18.7 Å². The highest BCUT2D eigenvalue weighted by Gasteiger charge is 2.12. The van der Waals surface area contributed by atoms with Crippen molar-refractivity contribution >= 4 is 5.91 Å². The Bertz CT molecular complexity index is 336. The van der Waals surface area contributed by atoms with Crippen LogP contribution in [0.15, 0.2) is 24.3 Å². The number of carbonyl (C=O) groups is 1. The molecule has 0 aliphatic rings. The van der Waals surface area contributed by atoms with Crippen molar-refractivity contribution < 1.29 is 4.79 Å². The molecule has 0 fully saturated rings. The zero-order valence-electron chi connectivity index (χ0n) is 10.7. The van der Waals surface area contributed by atoms with E-state index < -0.39 is 0 Å². The van der Waals surface area contributed by atoms with Crippen molar-refractivity contribution in [3.05, 3.63) is 35.4 Å². The first-order valence-corrected chi connectivity index (χ1v) is 5.99. The fourth-order valence-corrected chi connectivity index (χ4v) is 1.70. The third-order valence-corrected chi connectivity index (χ3v) is 2.87. The van der Waals surface area contributed by atoms with Gasteiger partial charge in [-0.1, -0.05) is 26.0 Å². The molecular weight excluding hydrogens is 198 g/mol. The molecule has 1 amide bonds. The van der Waals surface area contributed by atoms with Gasteiger partial charge in [0.1, 0.15) is 0 Å². The van der Waals surface area contributed by atoms with Crippen LogP contribution in [0, 0.1) is 0 Å². The summed E-state index contributed by atoms with van der Waals surface area (Å²) in [6.07, 6.45) is 0. The molecule has 1 aromatic carbocycles. The van der Waals surface area contributed by atoms with E-state index in [0.29, 0.717) is 5.92 Å². The van der Waals surface area contributed by atoms with Crippen LogP contribution in [0.3, 0.4) is 0 Å². The summed E-state index contributed by atoms with van der Waals surface area (Å²) in [7, 11) is 0. The summed E-state index contributed by atoms with van der Waals surface area (Å²) in [5.74, 6) is 0.637. The lowest BCUT2D eigenvalue weighted by Crippen LogP contribution is -2.30.